The first-order valence-corrected chi connectivity index (χ1v) is 7.62. The lowest BCUT2D eigenvalue weighted by molar-refractivity contribution is 0.194. The van der Waals surface area contributed by atoms with Gasteiger partial charge < -0.3 is 15.4 Å². The first-order chi connectivity index (χ1) is 12.0. The summed E-state index contributed by atoms with van der Waals surface area (Å²) in [6, 6.07) is 14.6. The van der Waals surface area contributed by atoms with Crippen molar-refractivity contribution in [2.45, 2.75) is 13.5 Å². The van der Waals surface area contributed by atoms with Gasteiger partial charge in [-0.3, -0.25) is 4.79 Å². The molecule has 3 N–H and O–H groups in total. The topological polar surface area (TPSA) is 106 Å². The zero-order valence-corrected chi connectivity index (χ0v) is 13.5. The lowest BCUT2D eigenvalue weighted by Gasteiger charge is -2.14. The zero-order chi connectivity index (χ0) is 18.0. The summed E-state index contributed by atoms with van der Waals surface area (Å²) in [5.74, 6) is 0. The van der Waals surface area contributed by atoms with Crippen LogP contribution in [0, 0.1) is 18.3 Å². The van der Waals surface area contributed by atoms with Crippen molar-refractivity contribution in [3.05, 3.63) is 69.6 Å². The predicted molar refractivity (Wildman–Crippen MR) is 94.3 cm³/mol. The molecule has 1 heterocycles. The molecular formula is C19H15N3O3. The van der Waals surface area contributed by atoms with Crippen LogP contribution in [0.15, 0.2) is 47.3 Å². The van der Waals surface area contributed by atoms with E-state index in [-0.39, 0.29) is 12.1 Å². The lowest BCUT2D eigenvalue weighted by atomic mass is 9.95. The molecule has 0 atom stereocenters. The van der Waals surface area contributed by atoms with E-state index in [0.717, 1.165) is 11.1 Å². The number of aryl methyl sites for hydroxylation is 1. The Bertz CT molecular complexity index is 1060. The van der Waals surface area contributed by atoms with E-state index < -0.39 is 6.09 Å². The number of amides is 1. The van der Waals surface area contributed by atoms with Crippen molar-refractivity contribution in [3.63, 3.8) is 0 Å². The van der Waals surface area contributed by atoms with Crippen molar-refractivity contribution in [1.29, 1.82) is 5.26 Å². The van der Waals surface area contributed by atoms with Crippen molar-refractivity contribution in [2.24, 2.45) is 0 Å². The molecule has 0 spiro atoms. The molecule has 0 radical (unpaired) electrons. The Balaban J connectivity index is 2.34. The highest BCUT2D eigenvalue weighted by Gasteiger charge is 2.14. The number of hydrogen-bond acceptors (Lipinski definition) is 3. The van der Waals surface area contributed by atoms with Gasteiger partial charge in [0.1, 0.15) is 0 Å². The largest absolute Gasteiger partial charge is 0.465 e. The molecule has 0 aliphatic rings. The fourth-order valence-corrected chi connectivity index (χ4v) is 2.79. The molecule has 25 heavy (non-hydrogen) atoms. The van der Waals surface area contributed by atoms with Crippen molar-refractivity contribution in [1.82, 2.24) is 10.3 Å². The molecule has 0 saturated carbocycles. The van der Waals surface area contributed by atoms with Crippen LogP contribution in [0.2, 0.25) is 0 Å². The Morgan fingerprint density at radius 3 is 2.56 bits per heavy atom. The minimum Gasteiger partial charge on any atom is -0.465 e. The molecule has 0 aliphatic carbocycles. The van der Waals surface area contributed by atoms with Crippen molar-refractivity contribution < 1.29 is 9.90 Å². The number of nitriles is 1. The van der Waals surface area contributed by atoms with Crippen molar-refractivity contribution >= 4 is 16.9 Å². The SMILES string of the molecule is Cc1ccc(-c2c(CNC(=O)O)[nH]c(=O)c3ccc(C#N)cc23)cc1. The van der Waals surface area contributed by atoms with Gasteiger partial charge in [0.05, 0.1) is 18.2 Å². The highest BCUT2D eigenvalue weighted by Crippen LogP contribution is 2.30. The van der Waals surface area contributed by atoms with Crippen LogP contribution in [0.3, 0.4) is 0 Å². The quantitative estimate of drug-likeness (QED) is 0.684. The van der Waals surface area contributed by atoms with Crippen LogP contribution in [-0.2, 0) is 6.54 Å². The van der Waals surface area contributed by atoms with Gasteiger partial charge in [0, 0.05) is 16.6 Å². The van der Waals surface area contributed by atoms with Crippen LogP contribution in [0.25, 0.3) is 21.9 Å². The van der Waals surface area contributed by atoms with E-state index in [0.29, 0.717) is 27.6 Å². The third kappa shape index (κ3) is 3.21. The number of nitrogens with zero attached hydrogens (tertiary/aromatic N) is 1. The molecule has 6 heteroatoms. The van der Waals surface area contributed by atoms with Gasteiger partial charge in [-0.15, -0.1) is 0 Å². The minimum absolute atomic E-state index is 0.0412. The molecule has 2 aromatic carbocycles. The monoisotopic (exact) mass is 333 g/mol. The Morgan fingerprint density at radius 1 is 1.20 bits per heavy atom. The maximum absolute atomic E-state index is 12.4. The summed E-state index contributed by atoms with van der Waals surface area (Å²) in [7, 11) is 0. The van der Waals surface area contributed by atoms with Gasteiger partial charge in [-0.05, 0) is 36.1 Å². The van der Waals surface area contributed by atoms with Crippen LogP contribution in [0.1, 0.15) is 16.8 Å². The summed E-state index contributed by atoms with van der Waals surface area (Å²) in [5, 5.41) is 21.4. The Labute approximate surface area is 143 Å². The number of hydrogen-bond donors (Lipinski definition) is 3. The van der Waals surface area contributed by atoms with E-state index in [1.165, 1.54) is 0 Å². The number of carboxylic acid groups (broad SMARTS) is 1. The normalized spacial score (nSPS) is 10.4. The summed E-state index contributed by atoms with van der Waals surface area (Å²) in [6.45, 7) is 1.93. The fourth-order valence-electron chi connectivity index (χ4n) is 2.79. The van der Waals surface area contributed by atoms with E-state index in [9.17, 15) is 14.9 Å². The van der Waals surface area contributed by atoms with Gasteiger partial charge in [-0.2, -0.15) is 5.26 Å². The molecular weight excluding hydrogens is 318 g/mol. The molecule has 0 fully saturated rings. The summed E-state index contributed by atoms with van der Waals surface area (Å²) < 4.78 is 0. The third-order valence-electron chi connectivity index (χ3n) is 3.99. The molecule has 0 aliphatic heterocycles. The Morgan fingerprint density at radius 2 is 1.92 bits per heavy atom. The summed E-state index contributed by atoms with van der Waals surface area (Å²) in [4.78, 5) is 26.0. The Kier molecular flexibility index (Phi) is 4.23. The second-order valence-electron chi connectivity index (χ2n) is 5.70. The molecule has 1 aromatic heterocycles. The van der Waals surface area contributed by atoms with E-state index in [1.807, 2.05) is 31.2 Å². The summed E-state index contributed by atoms with van der Waals surface area (Å²) >= 11 is 0. The molecule has 6 nitrogen and oxygen atoms in total. The third-order valence-corrected chi connectivity index (χ3v) is 3.99. The van der Waals surface area contributed by atoms with Crippen LogP contribution >= 0.6 is 0 Å². The van der Waals surface area contributed by atoms with Gasteiger partial charge in [0.25, 0.3) is 5.56 Å². The van der Waals surface area contributed by atoms with Crippen molar-refractivity contribution in [2.75, 3.05) is 0 Å². The number of aromatic amines is 1. The number of H-pyrrole nitrogens is 1. The van der Waals surface area contributed by atoms with E-state index in [2.05, 4.69) is 16.4 Å². The van der Waals surface area contributed by atoms with Crippen molar-refractivity contribution in [3.8, 4) is 17.2 Å². The molecule has 3 rings (SSSR count). The molecule has 0 unspecified atom stereocenters. The number of rotatable bonds is 3. The molecule has 1 amide bonds. The van der Waals surface area contributed by atoms with Gasteiger partial charge >= 0.3 is 6.09 Å². The number of benzene rings is 2. The summed E-state index contributed by atoms with van der Waals surface area (Å²) in [6.07, 6.45) is -1.18. The standard InChI is InChI=1S/C19H15N3O3/c1-11-2-5-13(6-3-11)17-15-8-12(9-20)4-7-14(15)18(23)22-16(17)10-21-19(24)25/h2-8,21H,10H2,1H3,(H,22,23)(H,24,25). The highest BCUT2D eigenvalue weighted by atomic mass is 16.4. The first-order valence-electron chi connectivity index (χ1n) is 7.62. The zero-order valence-electron chi connectivity index (χ0n) is 13.5. The minimum atomic E-state index is -1.18. The van der Waals surface area contributed by atoms with Gasteiger partial charge in [0.2, 0.25) is 0 Å². The second kappa shape index (κ2) is 6.49. The smallest absolute Gasteiger partial charge is 0.404 e. The Hall–Kier alpha value is -3.59. The molecule has 0 saturated heterocycles. The van der Waals surface area contributed by atoms with Gasteiger partial charge in [-0.1, -0.05) is 29.8 Å². The second-order valence-corrected chi connectivity index (χ2v) is 5.70. The molecule has 3 aromatic rings. The van der Waals surface area contributed by atoms with Crippen LogP contribution in [0.4, 0.5) is 4.79 Å². The lowest BCUT2D eigenvalue weighted by Crippen LogP contribution is -2.23. The number of aromatic nitrogens is 1. The number of carbonyl (C=O) groups is 1. The van der Waals surface area contributed by atoms with E-state index in [4.69, 9.17) is 5.11 Å². The number of pyridine rings is 1. The summed E-state index contributed by atoms with van der Waals surface area (Å²) in [5.41, 5.74) is 3.20. The van der Waals surface area contributed by atoms with Crippen LogP contribution in [-0.4, -0.2) is 16.2 Å². The average Bonchev–Trinajstić information content (AvgIpc) is 2.60. The number of nitrogens with one attached hydrogen (secondary N) is 2. The average molecular weight is 333 g/mol. The van der Waals surface area contributed by atoms with Gasteiger partial charge in [-0.25, -0.2) is 4.79 Å². The van der Waals surface area contributed by atoms with Crippen LogP contribution in [0.5, 0.6) is 0 Å². The maximum Gasteiger partial charge on any atom is 0.404 e. The van der Waals surface area contributed by atoms with E-state index in [1.54, 1.807) is 18.2 Å². The number of fused-ring (bicyclic) bond motifs is 1. The van der Waals surface area contributed by atoms with E-state index >= 15 is 0 Å². The molecule has 0 bridgehead atoms. The molecule has 124 valence electrons. The van der Waals surface area contributed by atoms with Gasteiger partial charge in [0.15, 0.2) is 0 Å². The maximum atomic E-state index is 12.4. The fraction of sp³-hybridized carbons (Fsp3) is 0.105. The van der Waals surface area contributed by atoms with Crippen LogP contribution < -0.4 is 10.9 Å². The highest BCUT2D eigenvalue weighted by molar-refractivity contribution is 5.98. The predicted octanol–water partition coefficient (Wildman–Crippen LogP) is 3.14. The first kappa shape index (κ1) is 16.3.